The quantitative estimate of drug-likeness (QED) is 0.325. The summed E-state index contributed by atoms with van der Waals surface area (Å²) in [6.45, 7) is 12.0. The molecule has 7 rings (SSSR count). The summed E-state index contributed by atoms with van der Waals surface area (Å²) in [5.41, 5.74) is 4.25. The van der Waals surface area contributed by atoms with Crippen molar-refractivity contribution in [1.82, 2.24) is 10.3 Å². The number of hydrogen-bond acceptors (Lipinski definition) is 9. The maximum absolute atomic E-state index is 14.0. The van der Waals surface area contributed by atoms with Crippen molar-refractivity contribution in [3.8, 4) is 0 Å². The molecule has 2 saturated heterocycles. The molecule has 2 atom stereocenters. The molecule has 4 aliphatic rings. The largest absolute Gasteiger partial charge is 0.462 e. The highest BCUT2D eigenvalue weighted by Gasteiger charge is 2.49. The zero-order valence-corrected chi connectivity index (χ0v) is 27.3. The van der Waals surface area contributed by atoms with Crippen molar-refractivity contribution in [1.29, 1.82) is 0 Å². The molecule has 45 heavy (non-hydrogen) atoms. The van der Waals surface area contributed by atoms with E-state index in [-0.39, 0.29) is 29.4 Å². The molecule has 3 aliphatic heterocycles. The third-order valence-corrected chi connectivity index (χ3v) is 11.0. The molecule has 9 nitrogen and oxygen atoms in total. The molecule has 1 aliphatic carbocycles. The summed E-state index contributed by atoms with van der Waals surface area (Å²) in [7, 11) is 0. The van der Waals surface area contributed by atoms with E-state index in [9.17, 15) is 9.59 Å². The average Bonchev–Trinajstić information content (AvgIpc) is 3.50. The third kappa shape index (κ3) is 5.31. The number of esters is 1. The van der Waals surface area contributed by atoms with Crippen molar-refractivity contribution in [2.24, 2.45) is 10.4 Å². The summed E-state index contributed by atoms with van der Waals surface area (Å²) in [6.07, 6.45) is 5.83. The predicted octanol–water partition coefficient (Wildman–Crippen LogP) is 5.93. The van der Waals surface area contributed by atoms with Crippen LogP contribution in [0, 0.1) is 12.3 Å². The van der Waals surface area contributed by atoms with E-state index in [0.717, 1.165) is 85.3 Å². The van der Waals surface area contributed by atoms with Crippen LogP contribution in [0.4, 0.5) is 17.2 Å². The van der Waals surface area contributed by atoms with Gasteiger partial charge in [-0.1, -0.05) is 12.1 Å². The number of fused-ring (bicyclic) bond motifs is 1. The lowest BCUT2D eigenvalue weighted by Crippen LogP contribution is -2.66. The summed E-state index contributed by atoms with van der Waals surface area (Å²) in [5, 5.41) is 3.41. The Hall–Kier alpha value is -3.76. The normalized spacial score (nSPS) is 23.0. The molecule has 0 bridgehead atoms. The van der Waals surface area contributed by atoms with Crippen LogP contribution in [0.3, 0.4) is 0 Å². The molecule has 5 heterocycles. The van der Waals surface area contributed by atoms with Gasteiger partial charge in [-0.2, -0.15) is 0 Å². The average molecular weight is 628 g/mol. The molecule has 236 valence electrons. The molecule has 10 heteroatoms. The first-order valence-electron chi connectivity index (χ1n) is 16.0. The number of benzene rings is 1. The number of anilines is 2. The highest BCUT2D eigenvalue weighted by molar-refractivity contribution is 7.16. The van der Waals surface area contributed by atoms with Crippen LogP contribution in [0.5, 0.6) is 0 Å². The topological polar surface area (TPSA) is 96.4 Å². The van der Waals surface area contributed by atoms with Crippen LogP contribution in [-0.2, 0) is 9.47 Å². The fourth-order valence-electron chi connectivity index (χ4n) is 7.38. The van der Waals surface area contributed by atoms with Gasteiger partial charge < -0.3 is 24.6 Å². The molecule has 1 saturated carbocycles. The maximum atomic E-state index is 14.0. The van der Waals surface area contributed by atoms with E-state index in [2.05, 4.69) is 35.0 Å². The number of nitrogens with one attached hydrogen (secondary N) is 1. The fraction of sp³-hybridized carbons (Fsp3) is 0.486. The van der Waals surface area contributed by atoms with Crippen LogP contribution in [0.2, 0.25) is 0 Å². The molecular weight excluding hydrogens is 586 g/mol. The Bertz CT molecular complexity index is 1650. The molecule has 1 aromatic carbocycles. The number of nitrogens with zero attached hydrogens (tertiary/aromatic N) is 4. The smallest absolute Gasteiger partial charge is 0.348 e. The standard InChI is InChI=1S/C35H41N5O4S/c1-5-44-33(42)29-13-12-28(45-29)30-34(3,4)40(26-9-7-6-8-24(26)37-30)27-11-10-25(27)38-32(41)23-18-22(2)19-36-31(23)39-20-35(21-39)14-16-43-17-15-35/h6-9,12-13,18-19,25,27H,5,10-11,14-17,20-21H2,1-4H3,(H,38,41)/t25-,27?/m1/s1. The molecule has 3 aromatic rings. The van der Waals surface area contributed by atoms with Crippen molar-refractivity contribution in [2.45, 2.75) is 71.0 Å². The van der Waals surface area contributed by atoms with Crippen LogP contribution in [0.1, 0.15) is 76.9 Å². The van der Waals surface area contributed by atoms with Gasteiger partial charge in [-0.3, -0.25) is 4.79 Å². The van der Waals surface area contributed by atoms with Crippen LogP contribution in [0.25, 0.3) is 0 Å². The maximum Gasteiger partial charge on any atom is 0.348 e. The Morgan fingerprint density at radius 1 is 1.11 bits per heavy atom. The van der Waals surface area contributed by atoms with Gasteiger partial charge in [0.15, 0.2) is 0 Å². The molecule has 1 unspecified atom stereocenters. The van der Waals surface area contributed by atoms with E-state index in [1.165, 1.54) is 11.3 Å². The number of rotatable bonds is 7. The highest BCUT2D eigenvalue weighted by atomic mass is 32.1. The molecular formula is C35H41N5O4S. The van der Waals surface area contributed by atoms with Gasteiger partial charge in [0.25, 0.3) is 5.91 Å². The molecule has 0 radical (unpaired) electrons. The van der Waals surface area contributed by atoms with Crippen LogP contribution < -0.4 is 15.1 Å². The minimum Gasteiger partial charge on any atom is -0.462 e. The van der Waals surface area contributed by atoms with Gasteiger partial charge >= 0.3 is 5.97 Å². The SMILES string of the molecule is CCOC(=O)c1ccc(C2=Nc3ccccc3N(C3CC[C@H]3NC(=O)c3cc(C)cnc3N3CC4(CCOCC4)C3)C2(C)C)s1. The van der Waals surface area contributed by atoms with Crippen LogP contribution >= 0.6 is 11.3 Å². The number of thiophene rings is 1. The van der Waals surface area contributed by atoms with Gasteiger partial charge in [0.05, 0.1) is 45.7 Å². The van der Waals surface area contributed by atoms with Crippen molar-refractivity contribution >= 4 is 46.1 Å². The minimum atomic E-state index is -0.495. The van der Waals surface area contributed by atoms with Crippen LogP contribution in [-0.4, -0.2) is 73.1 Å². The Balaban J connectivity index is 1.14. The number of amides is 1. The van der Waals surface area contributed by atoms with Gasteiger partial charge in [-0.25, -0.2) is 14.8 Å². The Morgan fingerprint density at radius 3 is 2.62 bits per heavy atom. The molecule has 3 fully saturated rings. The summed E-state index contributed by atoms with van der Waals surface area (Å²) in [6, 6.07) is 14.0. The summed E-state index contributed by atoms with van der Waals surface area (Å²) in [5.74, 6) is 0.394. The second kappa shape index (κ2) is 11.6. The number of pyridine rings is 1. The van der Waals surface area contributed by atoms with Gasteiger partial charge in [0.1, 0.15) is 10.7 Å². The highest BCUT2D eigenvalue weighted by Crippen LogP contribution is 2.46. The van der Waals surface area contributed by atoms with E-state index in [4.69, 9.17) is 19.5 Å². The van der Waals surface area contributed by atoms with Gasteiger partial charge in [-0.15, -0.1) is 11.3 Å². The van der Waals surface area contributed by atoms with E-state index < -0.39 is 5.54 Å². The molecule has 1 amide bonds. The Labute approximate surface area is 268 Å². The van der Waals surface area contributed by atoms with Crippen molar-refractivity contribution < 1.29 is 19.1 Å². The number of ether oxygens (including phenoxy) is 2. The number of aliphatic imine (C=N–C) groups is 1. The van der Waals surface area contributed by atoms with E-state index in [0.29, 0.717) is 17.0 Å². The van der Waals surface area contributed by atoms with E-state index >= 15 is 0 Å². The zero-order chi connectivity index (χ0) is 31.3. The Kier molecular flexibility index (Phi) is 7.68. The third-order valence-electron chi connectivity index (χ3n) is 9.91. The number of aromatic nitrogens is 1. The number of aryl methyl sites for hydroxylation is 1. The monoisotopic (exact) mass is 627 g/mol. The van der Waals surface area contributed by atoms with E-state index in [1.807, 2.05) is 56.4 Å². The summed E-state index contributed by atoms with van der Waals surface area (Å²) >= 11 is 1.41. The van der Waals surface area contributed by atoms with Crippen molar-refractivity contribution in [2.75, 3.05) is 42.7 Å². The second-order valence-electron chi connectivity index (χ2n) is 13.3. The first-order valence-corrected chi connectivity index (χ1v) is 16.9. The van der Waals surface area contributed by atoms with Crippen LogP contribution in [0.15, 0.2) is 53.7 Å². The lowest BCUT2D eigenvalue weighted by molar-refractivity contribution is -0.000525. The van der Waals surface area contributed by atoms with Gasteiger partial charge in [-0.05, 0) is 89.3 Å². The van der Waals surface area contributed by atoms with E-state index in [1.54, 1.807) is 0 Å². The van der Waals surface area contributed by atoms with Crippen molar-refractivity contribution in [3.63, 3.8) is 0 Å². The van der Waals surface area contributed by atoms with Gasteiger partial charge in [0, 0.05) is 44.0 Å². The number of hydrogen-bond donors (Lipinski definition) is 1. The number of para-hydroxylation sites is 2. The lowest BCUT2D eigenvalue weighted by Gasteiger charge is -2.54. The Morgan fingerprint density at radius 2 is 1.89 bits per heavy atom. The molecule has 1 spiro atoms. The molecule has 1 N–H and O–H groups in total. The predicted molar refractivity (Wildman–Crippen MR) is 177 cm³/mol. The van der Waals surface area contributed by atoms with Gasteiger partial charge in [0.2, 0.25) is 0 Å². The first kappa shape index (κ1) is 29.9. The first-order chi connectivity index (χ1) is 21.7. The van der Waals surface area contributed by atoms with Crippen molar-refractivity contribution in [3.05, 3.63) is 69.5 Å². The summed E-state index contributed by atoms with van der Waals surface area (Å²) < 4.78 is 10.9. The fourth-order valence-corrected chi connectivity index (χ4v) is 8.43. The molecule has 2 aromatic heterocycles. The minimum absolute atomic E-state index is 0.0331. The summed E-state index contributed by atoms with van der Waals surface area (Å²) in [4.78, 5) is 42.5. The number of carbonyl (C=O) groups is 2. The lowest BCUT2D eigenvalue weighted by atomic mass is 9.73. The number of carbonyl (C=O) groups excluding carboxylic acids is 2. The second-order valence-corrected chi connectivity index (χ2v) is 14.4. The zero-order valence-electron chi connectivity index (χ0n) is 26.5.